The quantitative estimate of drug-likeness (QED) is 0.941. The van der Waals surface area contributed by atoms with Crippen LogP contribution in [-0.2, 0) is 11.2 Å². The molecule has 0 unspecified atom stereocenters. The van der Waals surface area contributed by atoms with E-state index in [1.54, 1.807) is 18.2 Å². The van der Waals surface area contributed by atoms with Crippen LogP contribution in [0.4, 0.5) is 10.1 Å². The number of hydrogen-bond donors (Lipinski definition) is 1. The molecular weight excluding hydrogens is 297 g/mol. The number of ether oxygens (including phenoxy) is 1. The molecular formula is C18H16FNO3. The van der Waals surface area contributed by atoms with Crippen LogP contribution in [0.1, 0.15) is 28.8 Å². The van der Waals surface area contributed by atoms with Gasteiger partial charge in [-0.1, -0.05) is 6.07 Å². The Hall–Kier alpha value is -2.69. The predicted molar refractivity (Wildman–Crippen MR) is 84.2 cm³/mol. The first-order chi connectivity index (χ1) is 11.1. The summed E-state index contributed by atoms with van der Waals surface area (Å²) in [6.07, 6.45) is 2.27. The van der Waals surface area contributed by atoms with Gasteiger partial charge < -0.3 is 10.1 Å². The normalized spacial score (nSPS) is 13.3. The number of fused-ring (bicyclic) bond motifs is 1. The molecule has 0 aliphatic heterocycles. The third kappa shape index (κ3) is 3.74. The summed E-state index contributed by atoms with van der Waals surface area (Å²) in [5.74, 6) is -0.0815. The second kappa shape index (κ2) is 6.60. The maximum atomic E-state index is 13.1. The Bertz CT molecular complexity index is 758. The van der Waals surface area contributed by atoms with E-state index < -0.39 is 5.82 Å². The summed E-state index contributed by atoms with van der Waals surface area (Å²) in [6.45, 7) is -0.177. The third-order valence-electron chi connectivity index (χ3n) is 3.71. The molecule has 1 aliphatic rings. The number of nitrogens with one attached hydrogen (secondary N) is 1. The summed E-state index contributed by atoms with van der Waals surface area (Å²) in [7, 11) is 0. The summed E-state index contributed by atoms with van der Waals surface area (Å²) >= 11 is 0. The van der Waals surface area contributed by atoms with Crippen LogP contribution in [0.3, 0.4) is 0 Å². The monoisotopic (exact) mass is 313 g/mol. The van der Waals surface area contributed by atoms with Crippen molar-refractivity contribution >= 4 is 17.4 Å². The molecule has 2 aromatic rings. The lowest BCUT2D eigenvalue weighted by Crippen LogP contribution is -2.20. The molecule has 0 saturated heterocycles. The minimum Gasteiger partial charge on any atom is -0.484 e. The number of ketones is 1. The molecule has 0 heterocycles. The minimum absolute atomic E-state index is 0.154. The van der Waals surface area contributed by atoms with Crippen LogP contribution in [0.2, 0.25) is 0 Å². The van der Waals surface area contributed by atoms with E-state index in [1.807, 2.05) is 6.07 Å². The Kier molecular flexibility index (Phi) is 4.37. The van der Waals surface area contributed by atoms with E-state index in [0.717, 1.165) is 24.0 Å². The second-order valence-corrected chi connectivity index (χ2v) is 5.44. The van der Waals surface area contributed by atoms with Crippen LogP contribution in [0.5, 0.6) is 5.75 Å². The number of halogens is 1. The first-order valence-electron chi connectivity index (χ1n) is 7.46. The highest BCUT2D eigenvalue weighted by atomic mass is 19.1. The zero-order valence-electron chi connectivity index (χ0n) is 12.5. The Morgan fingerprint density at radius 3 is 2.87 bits per heavy atom. The van der Waals surface area contributed by atoms with Crippen LogP contribution in [0.15, 0.2) is 42.5 Å². The van der Waals surface area contributed by atoms with Gasteiger partial charge in [-0.15, -0.1) is 0 Å². The number of rotatable bonds is 4. The molecule has 0 aromatic heterocycles. The van der Waals surface area contributed by atoms with Gasteiger partial charge in [0.25, 0.3) is 5.91 Å². The van der Waals surface area contributed by atoms with Gasteiger partial charge in [0.2, 0.25) is 0 Å². The number of amides is 1. The molecule has 3 rings (SSSR count). The lowest BCUT2D eigenvalue weighted by atomic mass is 9.91. The van der Waals surface area contributed by atoms with Crippen LogP contribution < -0.4 is 10.1 Å². The second-order valence-electron chi connectivity index (χ2n) is 5.44. The topological polar surface area (TPSA) is 55.4 Å². The summed E-state index contributed by atoms with van der Waals surface area (Å²) in [5.41, 5.74) is 2.09. The van der Waals surface area contributed by atoms with E-state index in [2.05, 4.69) is 5.32 Å². The molecule has 5 heteroatoms. The van der Waals surface area contributed by atoms with Crippen molar-refractivity contribution in [2.24, 2.45) is 0 Å². The van der Waals surface area contributed by atoms with Crippen molar-refractivity contribution in [3.63, 3.8) is 0 Å². The Balaban J connectivity index is 1.60. The number of carbonyl (C=O) groups is 2. The zero-order valence-corrected chi connectivity index (χ0v) is 12.5. The standard InChI is InChI=1S/C18H16FNO3/c19-13-4-2-5-14(10-13)20-18(22)11-23-15-7-8-16-12(9-15)3-1-6-17(16)21/h2,4-5,7-10H,1,3,6,11H2,(H,20,22). The maximum Gasteiger partial charge on any atom is 0.262 e. The highest BCUT2D eigenvalue weighted by molar-refractivity contribution is 5.98. The lowest BCUT2D eigenvalue weighted by molar-refractivity contribution is -0.118. The van der Waals surface area contributed by atoms with Crippen molar-refractivity contribution in [3.8, 4) is 5.75 Å². The third-order valence-corrected chi connectivity index (χ3v) is 3.71. The van der Waals surface area contributed by atoms with E-state index >= 15 is 0 Å². The van der Waals surface area contributed by atoms with Crippen molar-refractivity contribution in [1.29, 1.82) is 0 Å². The molecule has 0 atom stereocenters. The van der Waals surface area contributed by atoms with Gasteiger partial charge in [0.05, 0.1) is 0 Å². The van der Waals surface area contributed by atoms with Crippen molar-refractivity contribution < 1.29 is 18.7 Å². The van der Waals surface area contributed by atoms with Gasteiger partial charge >= 0.3 is 0 Å². The number of anilines is 1. The largest absolute Gasteiger partial charge is 0.484 e. The van der Waals surface area contributed by atoms with Gasteiger partial charge in [0, 0.05) is 17.7 Å². The molecule has 0 radical (unpaired) electrons. The lowest BCUT2D eigenvalue weighted by Gasteiger charge is -2.16. The Morgan fingerprint density at radius 2 is 2.04 bits per heavy atom. The Labute approximate surface area is 133 Å². The van der Waals surface area contributed by atoms with Crippen molar-refractivity contribution in [3.05, 3.63) is 59.4 Å². The molecule has 23 heavy (non-hydrogen) atoms. The van der Waals surface area contributed by atoms with E-state index in [4.69, 9.17) is 4.74 Å². The number of aryl methyl sites for hydroxylation is 1. The molecule has 0 saturated carbocycles. The van der Waals surface area contributed by atoms with Gasteiger partial charge in [0.1, 0.15) is 11.6 Å². The van der Waals surface area contributed by atoms with Crippen LogP contribution in [0, 0.1) is 5.82 Å². The average molecular weight is 313 g/mol. The number of carbonyl (C=O) groups excluding carboxylic acids is 2. The molecule has 1 amide bonds. The minimum atomic E-state index is -0.414. The molecule has 2 aromatic carbocycles. The van der Waals surface area contributed by atoms with Gasteiger partial charge in [-0.2, -0.15) is 0 Å². The molecule has 1 aliphatic carbocycles. The van der Waals surface area contributed by atoms with Gasteiger partial charge in [-0.05, 0) is 54.8 Å². The van der Waals surface area contributed by atoms with Crippen LogP contribution in [0.25, 0.3) is 0 Å². The summed E-state index contributed by atoms with van der Waals surface area (Å²) in [6, 6.07) is 10.9. The number of Topliss-reactive ketones (excluding diaryl/α,β-unsaturated/α-hetero) is 1. The average Bonchev–Trinajstić information content (AvgIpc) is 2.53. The fourth-order valence-electron chi connectivity index (χ4n) is 2.62. The van der Waals surface area contributed by atoms with Crippen molar-refractivity contribution in [1.82, 2.24) is 0 Å². The fraction of sp³-hybridized carbons (Fsp3) is 0.222. The van der Waals surface area contributed by atoms with E-state index in [-0.39, 0.29) is 18.3 Å². The molecule has 0 spiro atoms. The van der Waals surface area contributed by atoms with Gasteiger partial charge in [-0.3, -0.25) is 9.59 Å². The highest BCUT2D eigenvalue weighted by Crippen LogP contribution is 2.25. The smallest absolute Gasteiger partial charge is 0.262 e. The molecule has 1 N–H and O–H groups in total. The number of benzene rings is 2. The van der Waals surface area contributed by atoms with E-state index in [0.29, 0.717) is 17.9 Å². The molecule has 0 fully saturated rings. The maximum absolute atomic E-state index is 13.1. The Morgan fingerprint density at radius 1 is 1.17 bits per heavy atom. The fourth-order valence-corrected chi connectivity index (χ4v) is 2.62. The zero-order chi connectivity index (χ0) is 16.2. The molecule has 118 valence electrons. The van der Waals surface area contributed by atoms with Crippen LogP contribution >= 0.6 is 0 Å². The summed E-state index contributed by atoms with van der Waals surface area (Å²) in [4.78, 5) is 23.6. The summed E-state index contributed by atoms with van der Waals surface area (Å²) < 4.78 is 18.5. The van der Waals surface area contributed by atoms with E-state index in [9.17, 15) is 14.0 Å². The first kappa shape index (κ1) is 15.2. The van der Waals surface area contributed by atoms with Crippen molar-refractivity contribution in [2.45, 2.75) is 19.3 Å². The molecule has 4 nitrogen and oxygen atoms in total. The summed E-state index contributed by atoms with van der Waals surface area (Å²) in [5, 5.41) is 2.56. The number of hydrogen-bond acceptors (Lipinski definition) is 3. The SMILES string of the molecule is O=C(COc1ccc2c(c1)CCCC2=O)Nc1cccc(F)c1. The van der Waals surface area contributed by atoms with Crippen LogP contribution in [-0.4, -0.2) is 18.3 Å². The van der Waals surface area contributed by atoms with Gasteiger partial charge in [0.15, 0.2) is 12.4 Å². The molecule has 0 bridgehead atoms. The predicted octanol–water partition coefficient (Wildman–Crippen LogP) is 3.36. The first-order valence-corrected chi connectivity index (χ1v) is 7.46. The van der Waals surface area contributed by atoms with Gasteiger partial charge in [-0.25, -0.2) is 4.39 Å². The van der Waals surface area contributed by atoms with Crippen molar-refractivity contribution in [2.75, 3.05) is 11.9 Å². The van der Waals surface area contributed by atoms with E-state index in [1.165, 1.54) is 18.2 Å². The highest BCUT2D eigenvalue weighted by Gasteiger charge is 2.17.